The number of ether oxygens (including phenoxy) is 1. The van der Waals surface area contributed by atoms with Gasteiger partial charge in [0, 0.05) is 12.1 Å². The molecular weight excluding hydrogens is 262 g/mol. The summed E-state index contributed by atoms with van der Waals surface area (Å²) in [5.41, 5.74) is 3.41. The van der Waals surface area contributed by atoms with Gasteiger partial charge in [-0.25, -0.2) is 0 Å². The van der Waals surface area contributed by atoms with E-state index >= 15 is 0 Å². The summed E-state index contributed by atoms with van der Waals surface area (Å²) in [5.74, 6) is 1.01. The summed E-state index contributed by atoms with van der Waals surface area (Å²) in [7, 11) is 0. The minimum atomic E-state index is 0.0838. The first-order chi connectivity index (χ1) is 10.3. The van der Waals surface area contributed by atoms with Crippen molar-refractivity contribution in [3.05, 3.63) is 65.2 Å². The lowest BCUT2D eigenvalue weighted by Crippen LogP contribution is -2.40. The Morgan fingerprint density at radius 3 is 2.95 bits per heavy atom. The van der Waals surface area contributed by atoms with Crippen molar-refractivity contribution in [2.75, 3.05) is 6.61 Å². The summed E-state index contributed by atoms with van der Waals surface area (Å²) >= 11 is 0. The Morgan fingerprint density at radius 1 is 1.24 bits per heavy atom. The number of para-hydroxylation sites is 1. The molecule has 0 saturated carbocycles. The lowest BCUT2D eigenvalue weighted by atomic mass is 10.00. The standard InChI is InChI=1S/C18H21NO2/c1-13(15-7-4-5-14(9-15)11-20)19-17-10-16-6-2-3-8-18(16)21-12-17/h2-9,13,17,19-20H,10-12H2,1H3/t13-,17+/m1/s1. The molecule has 3 rings (SSSR count). The number of aliphatic hydroxyl groups excluding tert-OH is 1. The monoisotopic (exact) mass is 283 g/mol. The number of benzene rings is 2. The molecule has 2 atom stereocenters. The van der Waals surface area contributed by atoms with Crippen LogP contribution in [-0.2, 0) is 13.0 Å². The van der Waals surface area contributed by atoms with Crippen LogP contribution >= 0.6 is 0 Å². The van der Waals surface area contributed by atoms with Crippen molar-refractivity contribution in [3.8, 4) is 5.75 Å². The van der Waals surface area contributed by atoms with Gasteiger partial charge in [-0.15, -0.1) is 0 Å². The molecule has 0 fully saturated rings. The van der Waals surface area contributed by atoms with Gasteiger partial charge in [0.05, 0.1) is 6.61 Å². The molecule has 2 N–H and O–H groups in total. The number of nitrogens with one attached hydrogen (secondary N) is 1. The van der Waals surface area contributed by atoms with Crippen LogP contribution in [0, 0.1) is 0 Å². The average molecular weight is 283 g/mol. The molecule has 3 nitrogen and oxygen atoms in total. The minimum absolute atomic E-state index is 0.0838. The summed E-state index contributed by atoms with van der Waals surface area (Å²) < 4.78 is 5.82. The molecule has 0 amide bonds. The zero-order chi connectivity index (χ0) is 14.7. The first-order valence-corrected chi connectivity index (χ1v) is 7.42. The van der Waals surface area contributed by atoms with Crippen molar-refractivity contribution in [1.82, 2.24) is 5.32 Å². The smallest absolute Gasteiger partial charge is 0.122 e. The van der Waals surface area contributed by atoms with Crippen molar-refractivity contribution < 1.29 is 9.84 Å². The van der Waals surface area contributed by atoms with Gasteiger partial charge in [-0.05, 0) is 36.1 Å². The summed E-state index contributed by atoms with van der Waals surface area (Å²) in [4.78, 5) is 0. The highest BCUT2D eigenvalue weighted by molar-refractivity contribution is 5.35. The second-order valence-corrected chi connectivity index (χ2v) is 5.61. The number of rotatable bonds is 4. The molecule has 0 spiro atoms. The maximum atomic E-state index is 9.23. The Balaban J connectivity index is 1.67. The fraction of sp³-hybridized carbons (Fsp3) is 0.333. The van der Waals surface area contributed by atoms with Gasteiger partial charge in [0.1, 0.15) is 12.4 Å². The van der Waals surface area contributed by atoms with Gasteiger partial charge in [0.25, 0.3) is 0 Å². The third-order valence-corrected chi connectivity index (χ3v) is 4.00. The van der Waals surface area contributed by atoms with Crippen LogP contribution in [0.25, 0.3) is 0 Å². The Bertz CT molecular complexity index is 612. The van der Waals surface area contributed by atoms with E-state index in [2.05, 4.69) is 36.5 Å². The first-order valence-electron chi connectivity index (χ1n) is 7.42. The van der Waals surface area contributed by atoms with Crippen LogP contribution in [0.2, 0.25) is 0 Å². The van der Waals surface area contributed by atoms with Gasteiger partial charge in [0.2, 0.25) is 0 Å². The molecule has 0 aliphatic carbocycles. The molecule has 2 aromatic rings. The van der Waals surface area contributed by atoms with Gasteiger partial charge >= 0.3 is 0 Å². The van der Waals surface area contributed by atoms with Gasteiger partial charge in [-0.3, -0.25) is 0 Å². The molecule has 3 heteroatoms. The maximum absolute atomic E-state index is 9.23. The predicted octanol–water partition coefficient (Wildman–Crippen LogP) is 2.83. The number of hydrogen-bond donors (Lipinski definition) is 2. The largest absolute Gasteiger partial charge is 0.492 e. The molecule has 2 aromatic carbocycles. The SMILES string of the molecule is C[C@@H](N[C@@H]1COc2ccccc2C1)c1cccc(CO)c1. The second-order valence-electron chi connectivity index (χ2n) is 5.61. The van der Waals surface area contributed by atoms with E-state index in [0.717, 1.165) is 17.7 Å². The number of fused-ring (bicyclic) bond motifs is 1. The molecule has 1 heterocycles. The summed E-state index contributed by atoms with van der Waals surface area (Å²) in [6.45, 7) is 2.93. The number of aliphatic hydroxyl groups is 1. The molecule has 0 unspecified atom stereocenters. The van der Waals surface area contributed by atoms with Crippen LogP contribution in [0.15, 0.2) is 48.5 Å². The van der Waals surface area contributed by atoms with Crippen LogP contribution in [-0.4, -0.2) is 17.8 Å². The Morgan fingerprint density at radius 2 is 2.10 bits per heavy atom. The summed E-state index contributed by atoms with van der Waals surface area (Å²) in [6, 6.07) is 16.8. The highest BCUT2D eigenvalue weighted by atomic mass is 16.5. The van der Waals surface area contributed by atoms with E-state index < -0.39 is 0 Å². The zero-order valence-corrected chi connectivity index (χ0v) is 12.3. The fourth-order valence-corrected chi connectivity index (χ4v) is 2.85. The third-order valence-electron chi connectivity index (χ3n) is 4.00. The van der Waals surface area contributed by atoms with E-state index in [9.17, 15) is 5.11 Å². The fourth-order valence-electron chi connectivity index (χ4n) is 2.85. The van der Waals surface area contributed by atoms with Crippen molar-refractivity contribution in [3.63, 3.8) is 0 Å². The van der Waals surface area contributed by atoms with Crippen molar-refractivity contribution in [2.24, 2.45) is 0 Å². The summed E-state index contributed by atoms with van der Waals surface area (Å²) in [6.07, 6.45) is 0.986. The van der Waals surface area contributed by atoms with Crippen molar-refractivity contribution >= 4 is 0 Å². The zero-order valence-electron chi connectivity index (χ0n) is 12.3. The predicted molar refractivity (Wildman–Crippen MR) is 83.3 cm³/mol. The van der Waals surface area contributed by atoms with Crippen molar-refractivity contribution in [2.45, 2.75) is 32.0 Å². The van der Waals surface area contributed by atoms with E-state index in [-0.39, 0.29) is 12.6 Å². The van der Waals surface area contributed by atoms with Gasteiger partial charge in [-0.1, -0.05) is 42.5 Å². The van der Waals surface area contributed by atoms with Gasteiger partial charge in [-0.2, -0.15) is 0 Å². The third kappa shape index (κ3) is 3.26. The second kappa shape index (κ2) is 6.29. The first kappa shape index (κ1) is 14.1. The summed E-state index contributed by atoms with van der Waals surface area (Å²) in [5, 5.41) is 12.9. The molecular formula is C18H21NO2. The molecule has 0 radical (unpaired) electrons. The Kier molecular flexibility index (Phi) is 4.23. The lowest BCUT2D eigenvalue weighted by molar-refractivity contribution is 0.229. The highest BCUT2D eigenvalue weighted by Crippen LogP contribution is 2.25. The van der Waals surface area contributed by atoms with Crippen molar-refractivity contribution in [1.29, 1.82) is 0 Å². The molecule has 1 aliphatic heterocycles. The van der Waals surface area contributed by atoms with E-state index in [1.165, 1.54) is 11.1 Å². The maximum Gasteiger partial charge on any atom is 0.122 e. The van der Waals surface area contributed by atoms with Crippen LogP contribution in [0.3, 0.4) is 0 Å². The molecule has 21 heavy (non-hydrogen) atoms. The topological polar surface area (TPSA) is 41.5 Å². The van der Waals surface area contributed by atoms with Gasteiger partial charge < -0.3 is 15.2 Å². The lowest BCUT2D eigenvalue weighted by Gasteiger charge is -2.29. The minimum Gasteiger partial charge on any atom is -0.492 e. The van der Waals surface area contributed by atoms with Crippen LogP contribution in [0.1, 0.15) is 29.7 Å². The van der Waals surface area contributed by atoms with E-state index in [4.69, 9.17) is 4.74 Å². The van der Waals surface area contributed by atoms with Crippen LogP contribution in [0.4, 0.5) is 0 Å². The molecule has 110 valence electrons. The average Bonchev–Trinajstić information content (AvgIpc) is 2.54. The molecule has 0 bridgehead atoms. The van der Waals surface area contributed by atoms with Crippen LogP contribution < -0.4 is 10.1 Å². The molecule has 1 aliphatic rings. The molecule has 0 saturated heterocycles. The Hall–Kier alpha value is -1.84. The number of hydrogen-bond acceptors (Lipinski definition) is 3. The van der Waals surface area contributed by atoms with E-state index in [0.29, 0.717) is 12.6 Å². The van der Waals surface area contributed by atoms with Crippen LogP contribution in [0.5, 0.6) is 5.75 Å². The quantitative estimate of drug-likeness (QED) is 0.906. The molecule has 0 aromatic heterocycles. The van der Waals surface area contributed by atoms with E-state index in [1.807, 2.05) is 24.3 Å². The Labute approximate surface area is 125 Å². The normalized spacial score (nSPS) is 18.7. The van der Waals surface area contributed by atoms with E-state index in [1.54, 1.807) is 0 Å². The highest BCUT2D eigenvalue weighted by Gasteiger charge is 2.21. The van der Waals surface area contributed by atoms with Gasteiger partial charge in [0.15, 0.2) is 0 Å².